The predicted octanol–water partition coefficient (Wildman–Crippen LogP) is 3.80. The van der Waals surface area contributed by atoms with E-state index < -0.39 is 5.97 Å². The Labute approximate surface area is 169 Å². The molecule has 0 saturated carbocycles. The number of hydrogen-bond donors (Lipinski definition) is 1. The van der Waals surface area contributed by atoms with E-state index in [1.54, 1.807) is 29.1 Å². The van der Waals surface area contributed by atoms with Gasteiger partial charge >= 0.3 is 5.97 Å². The van der Waals surface area contributed by atoms with E-state index in [0.717, 1.165) is 17.0 Å². The van der Waals surface area contributed by atoms with Crippen molar-refractivity contribution in [3.05, 3.63) is 71.3 Å². The first-order valence-electron chi connectivity index (χ1n) is 8.80. The number of aromatic nitrogens is 3. The zero-order valence-corrected chi connectivity index (χ0v) is 16.2. The maximum Gasteiger partial charge on any atom is 0.336 e. The number of carboxylic acids is 1. The summed E-state index contributed by atoms with van der Waals surface area (Å²) >= 11 is 4.91. The minimum absolute atomic E-state index is 0.290. The molecular weight excluding hydrogens is 370 g/mol. The Bertz CT molecular complexity index is 1060. The molecule has 0 unspecified atom stereocenters. The minimum atomic E-state index is -0.934. The molecule has 5 nitrogen and oxygen atoms in total. The first kappa shape index (κ1) is 19.5. The van der Waals surface area contributed by atoms with Crippen molar-refractivity contribution in [2.45, 2.75) is 26.3 Å². The smallest absolute Gasteiger partial charge is 0.336 e. The van der Waals surface area contributed by atoms with Crippen LogP contribution >= 0.6 is 12.2 Å². The third-order valence-electron chi connectivity index (χ3n) is 4.25. The Kier molecular flexibility index (Phi) is 6.30. The van der Waals surface area contributed by atoms with Crippen LogP contribution < -0.4 is 0 Å². The van der Waals surface area contributed by atoms with E-state index in [9.17, 15) is 9.90 Å². The Morgan fingerprint density at radius 2 is 1.96 bits per heavy atom. The lowest BCUT2D eigenvalue weighted by Crippen LogP contribution is -2.05. The third-order valence-corrected chi connectivity index (χ3v) is 4.42. The highest BCUT2D eigenvalue weighted by molar-refractivity contribution is 7.78. The van der Waals surface area contributed by atoms with Crippen LogP contribution in [0.5, 0.6) is 0 Å². The molecule has 0 aliphatic carbocycles. The molecule has 1 aromatic heterocycles. The summed E-state index contributed by atoms with van der Waals surface area (Å²) in [5.74, 6) is 6.47. The molecule has 0 aliphatic heterocycles. The highest BCUT2D eigenvalue weighted by atomic mass is 32.1. The Hall–Kier alpha value is -3.30. The van der Waals surface area contributed by atoms with Crippen molar-refractivity contribution in [2.75, 3.05) is 0 Å². The fourth-order valence-electron chi connectivity index (χ4n) is 2.90. The first-order valence-corrected chi connectivity index (χ1v) is 9.27. The summed E-state index contributed by atoms with van der Waals surface area (Å²) in [6.45, 7) is 2.28. The summed E-state index contributed by atoms with van der Waals surface area (Å²) in [4.78, 5) is 16.0. The van der Waals surface area contributed by atoms with Crippen LogP contribution in [-0.2, 0) is 19.4 Å². The highest BCUT2D eigenvalue weighted by Gasteiger charge is 2.12. The van der Waals surface area contributed by atoms with Crippen molar-refractivity contribution >= 4 is 23.6 Å². The lowest BCUT2D eigenvalue weighted by Gasteiger charge is -2.08. The van der Waals surface area contributed by atoms with E-state index >= 15 is 0 Å². The molecule has 3 aromatic rings. The standard InChI is InChI=1S/C22H19N3O2S/c1-2-3-13-25-21(23-20(24-25)12-14-28)15-16-8-10-17(11-9-16)18-6-4-5-7-19(18)22(26)27/h4-11,14H,12-13,15H2,1H3,(H,26,27). The normalized spacial score (nSPS) is 10.2. The van der Waals surface area contributed by atoms with E-state index in [0.29, 0.717) is 30.8 Å². The molecule has 1 N–H and O–H groups in total. The van der Waals surface area contributed by atoms with E-state index in [2.05, 4.69) is 21.9 Å². The molecule has 1 heterocycles. The van der Waals surface area contributed by atoms with E-state index in [1.807, 2.05) is 36.4 Å². The van der Waals surface area contributed by atoms with E-state index in [-0.39, 0.29) is 5.56 Å². The van der Waals surface area contributed by atoms with Crippen molar-refractivity contribution in [3.8, 4) is 23.0 Å². The molecule has 0 amide bonds. The number of rotatable bonds is 7. The maximum atomic E-state index is 11.4. The van der Waals surface area contributed by atoms with Gasteiger partial charge in [-0.1, -0.05) is 60.6 Å². The second kappa shape index (κ2) is 9.07. The molecule has 0 radical (unpaired) electrons. The topological polar surface area (TPSA) is 68.0 Å². The molecule has 0 fully saturated rings. The van der Waals surface area contributed by atoms with Gasteiger partial charge in [0, 0.05) is 12.8 Å². The monoisotopic (exact) mass is 389 g/mol. The summed E-state index contributed by atoms with van der Waals surface area (Å²) in [6.07, 6.45) is 1.15. The average molecular weight is 389 g/mol. The van der Waals surface area contributed by atoms with Crippen LogP contribution in [-0.4, -0.2) is 31.2 Å². The number of thiocarbonyl (C=S) groups is 1. The number of aromatic carboxylic acids is 1. The second-order valence-corrected chi connectivity index (χ2v) is 6.46. The predicted molar refractivity (Wildman–Crippen MR) is 112 cm³/mol. The zero-order valence-electron chi connectivity index (χ0n) is 15.4. The van der Waals surface area contributed by atoms with Crippen molar-refractivity contribution < 1.29 is 9.90 Å². The molecule has 0 saturated heterocycles. The van der Waals surface area contributed by atoms with E-state index in [1.165, 1.54) is 0 Å². The van der Waals surface area contributed by atoms with Gasteiger partial charge in [-0.15, -0.1) is 5.92 Å². The molecule has 3 rings (SSSR count). The minimum Gasteiger partial charge on any atom is -0.478 e. The fraction of sp³-hybridized carbons (Fsp3) is 0.182. The van der Waals surface area contributed by atoms with E-state index in [4.69, 9.17) is 12.2 Å². The van der Waals surface area contributed by atoms with Gasteiger partial charge in [-0.05, 0) is 35.0 Å². The van der Waals surface area contributed by atoms with Gasteiger partial charge in [-0.3, -0.25) is 0 Å². The van der Waals surface area contributed by atoms with Gasteiger partial charge in [-0.2, -0.15) is 5.10 Å². The highest BCUT2D eigenvalue weighted by Crippen LogP contribution is 2.24. The van der Waals surface area contributed by atoms with Crippen LogP contribution in [0.2, 0.25) is 0 Å². The summed E-state index contributed by atoms with van der Waals surface area (Å²) in [5.41, 5.74) is 2.91. The first-order chi connectivity index (χ1) is 13.6. The number of carboxylic acid groups (broad SMARTS) is 1. The van der Waals surface area contributed by atoms with Crippen molar-refractivity contribution in [2.24, 2.45) is 0 Å². The van der Waals surface area contributed by atoms with Gasteiger partial charge < -0.3 is 5.11 Å². The van der Waals surface area contributed by atoms with Crippen molar-refractivity contribution in [1.29, 1.82) is 0 Å². The SMILES string of the molecule is CC#CCn1nc(CC=S)nc1Cc1ccc(-c2ccccc2C(=O)O)cc1. The van der Waals surface area contributed by atoms with Gasteiger partial charge in [-0.25, -0.2) is 14.5 Å². The van der Waals surface area contributed by atoms with Gasteiger partial charge in [0.05, 0.1) is 5.56 Å². The molecule has 28 heavy (non-hydrogen) atoms. The summed E-state index contributed by atoms with van der Waals surface area (Å²) in [7, 11) is 0. The molecule has 0 bridgehead atoms. The van der Waals surface area contributed by atoms with Crippen LogP contribution in [0.1, 0.15) is 34.5 Å². The fourth-order valence-corrected chi connectivity index (χ4v) is 3.05. The van der Waals surface area contributed by atoms with Gasteiger partial charge in [0.2, 0.25) is 0 Å². The van der Waals surface area contributed by atoms with Crippen LogP contribution in [0.4, 0.5) is 0 Å². The largest absolute Gasteiger partial charge is 0.478 e. The molecule has 2 aromatic carbocycles. The zero-order chi connectivity index (χ0) is 19.9. The van der Waals surface area contributed by atoms with Gasteiger partial charge in [0.25, 0.3) is 0 Å². The molecule has 0 atom stereocenters. The number of carbonyl (C=O) groups is 1. The van der Waals surface area contributed by atoms with Crippen LogP contribution in [0.25, 0.3) is 11.1 Å². The Morgan fingerprint density at radius 3 is 2.64 bits per heavy atom. The summed E-state index contributed by atoms with van der Waals surface area (Å²) in [5, 5.41) is 15.5. The van der Waals surface area contributed by atoms with Crippen molar-refractivity contribution in [1.82, 2.24) is 14.8 Å². The second-order valence-electron chi connectivity index (χ2n) is 6.12. The van der Waals surface area contributed by atoms with Crippen LogP contribution in [0.15, 0.2) is 48.5 Å². The lowest BCUT2D eigenvalue weighted by molar-refractivity contribution is 0.0697. The molecular formula is C22H19N3O2S. The number of nitrogens with zero attached hydrogens (tertiary/aromatic N) is 3. The van der Waals surface area contributed by atoms with Gasteiger partial charge in [0.15, 0.2) is 5.82 Å². The Morgan fingerprint density at radius 1 is 1.21 bits per heavy atom. The maximum absolute atomic E-state index is 11.4. The molecule has 0 aliphatic rings. The quantitative estimate of drug-likeness (QED) is 0.492. The third kappa shape index (κ3) is 4.51. The number of hydrogen-bond acceptors (Lipinski definition) is 4. The lowest BCUT2D eigenvalue weighted by atomic mass is 9.98. The summed E-state index contributed by atoms with van der Waals surface area (Å²) < 4.78 is 1.80. The molecule has 140 valence electrons. The van der Waals surface area contributed by atoms with Crippen LogP contribution in [0.3, 0.4) is 0 Å². The van der Waals surface area contributed by atoms with Crippen molar-refractivity contribution in [3.63, 3.8) is 0 Å². The number of benzene rings is 2. The van der Waals surface area contributed by atoms with Gasteiger partial charge in [0.1, 0.15) is 12.4 Å². The van der Waals surface area contributed by atoms with Crippen LogP contribution in [0, 0.1) is 11.8 Å². The average Bonchev–Trinajstić information content (AvgIpc) is 3.08. The Balaban J connectivity index is 1.86. The molecule has 0 spiro atoms. The summed E-state index contributed by atoms with van der Waals surface area (Å²) in [6, 6.07) is 14.8. The molecule has 6 heteroatoms.